The topological polar surface area (TPSA) is 305 Å². The molecule has 2 atom stereocenters. The summed E-state index contributed by atoms with van der Waals surface area (Å²) in [4.78, 5) is 80.7. The molecule has 0 spiro atoms. The summed E-state index contributed by atoms with van der Waals surface area (Å²) in [5.41, 5.74) is 5.13. The summed E-state index contributed by atoms with van der Waals surface area (Å²) in [6.45, 7) is 0.985. The van der Waals surface area contributed by atoms with Crippen molar-refractivity contribution in [3.05, 3.63) is 63.2 Å². The fourth-order valence-electron chi connectivity index (χ4n) is 5.05. The van der Waals surface area contributed by atoms with E-state index in [1.54, 1.807) is 13.0 Å². The fourth-order valence-corrected chi connectivity index (χ4v) is 8.13. The zero-order valence-corrected chi connectivity index (χ0v) is 28.2. The fraction of sp³-hybridized carbons (Fsp3) is 0.214. The van der Waals surface area contributed by atoms with Crippen LogP contribution in [0.3, 0.4) is 0 Å². The van der Waals surface area contributed by atoms with Crippen LogP contribution in [0.25, 0.3) is 5.78 Å². The number of aliphatic carboxylic acids is 1. The molecule has 23 heteroatoms. The number of β-lactam (4-membered cyclic amide) rings is 1. The number of carbonyl (C=O) groups excluding carboxylic acids is 2. The normalized spacial score (nSPS) is 17.2. The number of carboxylic acids is 3. The van der Waals surface area contributed by atoms with Gasteiger partial charge in [0.15, 0.2) is 22.3 Å². The molecule has 2 aliphatic rings. The number of carboxylic acid groups (broad SMARTS) is 3. The van der Waals surface area contributed by atoms with E-state index in [0.717, 1.165) is 40.1 Å². The minimum absolute atomic E-state index is 0.0492. The lowest BCUT2D eigenvalue weighted by atomic mass is 10.0. The number of aromatic hydroxyl groups is 2. The Hall–Kier alpha value is -5.94. The van der Waals surface area contributed by atoms with E-state index in [9.17, 15) is 49.5 Å². The Kier molecular flexibility index (Phi) is 9.42. The van der Waals surface area contributed by atoms with Crippen molar-refractivity contribution in [2.75, 3.05) is 17.2 Å². The molecule has 51 heavy (non-hydrogen) atoms. The van der Waals surface area contributed by atoms with Crippen LogP contribution in [0.5, 0.6) is 11.5 Å². The number of hydrogen-bond acceptors (Lipinski definition) is 17. The molecule has 264 valence electrons. The summed E-state index contributed by atoms with van der Waals surface area (Å²) in [5.74, 6) is -7.37. The van der Waals surface area contributed by atoms with E-state index in [0.29, 0.717) is 16.3 Å². The molecule has 1 fully saturated rings. The van der Waals surface area contributed by atoms with Crippen LogP contribution < -0.4 is 11.1 Å². The molecular formula is C28H23N9O11S3. The summed E-state index contributed by atoms with van der Waals surface area (Å²) in [7, 11) is 0. The molecule has 5 heterocycles. The number of aromatic carboxylic acids is 2. The van der Waals surface area contributed by atoms with Crippen LogP contribution in [0.15, 0.2) is 45.0 Å². The highest BCUT2D eigenvalue weighted by atomic mass is 32.2. The molecule has 2 aliphatic heterocycles. The van der Waals surface area contributed by atoms with Gasteiger partial charge in [0.05, 0.1) is 11.1 Å². The Balaban J connectivity index is 1.20. The third kappa shape index (κ3) is 6.68. The maximum atomic E-state index is 13.5. The first-order chi connectivity index (χ1) is 24.2. The van der Waals surface area contributed by atoms with Crippen molar-refractivity contribution >= 4 is 81.2 Å². The number of benzene rings is 1. The third-order valence-electron chi connectivity index (χ3n) is 7.37. The number of nitrogens with two attached hydrogens (primary N) is 1. The molecule has 0 radical (unpaired) electrons. The van der Waals surface area contributed by atoms with E-state index < -0.39 is 76.3 Å². The Morgan fingerprint density at radius 3 is 2.55 bits per heavy atom. The maximum Gasteiger partial charge on any atom is 0.375 e. The first-order valence-corrected chi connectivity index (χ1v) is 17.2. The smallest absolute Gasteiger partial charge is 0.375 e. The van der Waals surface area contributed by atoms with Gasteiger partial charge in [-0.25, -0.2) is 24.4 Å². The third-order valence-corrected chi connectivity index (χ3v) is 10.5. The van der Waals surface area contributed by atoms with Gasteiger partial charge in [0, 0.05) is 22.6 Å². The Morgan fingerprint density at radius 1 is 1.12 bits per heavy atom. The Morgan fingerprint density at radius 2 is 1.88 bits per heavy atom. The number of oxime groups is 1. The molecule has 20 nitrogen and oxygen atoms in total. The van der Waals surface area contributed by atoms with Crippen LogP contribution >= 0.6 is 34.9 Å². The van der Waals surface area contributed by atoms with E-state index in [2.05, 4.69) is 30.5 Å². The second-order valence-corrected chi connectivity index (χ2v) is 13.6. The standard InChI is InChI=1S/C28H23N9O11S3/c1-9-4-15(37-28(30-9)33-20(34-37)26(46)47)49-6-10-7-50-23-17(22(41)36(23)18(10)25(44)45)32-21(40)16(13-8-51-27(29)31-13)35-48-5-12-11(24(42)43)2-3-14(38)19(12)39/h2-4,8,17,23,38-39H,5-7H2,1H3,(H2,29,31)(H,32,40)(H,42,43)(H,44,45)(H,46,47)/t17-,23-/m1/s1. The van der Waals surface area contributed by atoms with E-state index >= 15 is 0 Å². The average Bonchev–Trinajstić information content (AvgIpc) is 3.71. The Bertz CT molecular complexity index is 2220. The first-order valence-electron chi connectivity index (χ1n) is 14.2. The van der Waals surface area contributed by atoms with Crippen LogP contribution in [-0.2, 0) is 25.8 Å². The van der Waals surface area contributed by atoms with Gasteiger partial charge in [-0.2, -0.15) is 9.50 Å². The summed E-state index contributed by atoms with van der Waals surface area (Å²) in [6, 6.07) is 2.47. The lowest BCUT2D eigenvalue weighted by Gasteiger charge is -2.49. The number of nitrogens with one attached hydrogen (secondary N) is 1. The van der Waals surface area contributed by atoms with Crippen LogP contribution in [0.1, 0.15) is 37.9 Å². The van der Waals surface area contributed by atoms with E-state index in [4.69, 9.17) is 10.6 Å². The molecule has 3 aromatic heterocycles. The number of nitrogen functional groups attached to an aromatic ring is 1. The van der Waals surface area contributed by atoms with Crippen molar-refractivity contribution in [3.63, 3.8) is 0 Å². The van der Waals surface area contributed by atoms with Gasteiger partial charge < -0.3 is 41.4 Å². The molecule has 8 N–H and O–H groups in total. The lowest BCUT2D eigenvalue weighted by molar-refractivity contribution is -0.150. The number of thiazole rings is 1. The molecule has 1 aromatic carbocycles. The zero-order valence-electron chi connectivity index (χ0n) is 25.7. The summed E-state index contributed by atoms with van der Waals surface area (Å²) in [5, 5.41) is 60.2. The molecular weight excluding hydrogens is 735 g/mol. The van der Waals surface area contributed by atoms with Crippen LogP contribution in [0.4, 0.5) is 5.13 Å². The molecule has 0 aliphatic carbocycles. The summed E-state index contributed by atoms with van der Waals surface area (Å²) >= 11 is 3.31. The zero-order chi connectivity index (χ0) is 36.7. The number of nitrogens with zero attached hydrogens (tertiary/aromatic N) is 7. The van der Waals surface area contributed by atoms with E-state index in [1.807, 2.05) is 0 Å². The van der Waals surface area contributed by atoms with Gasteiger partial charge in [-0.15, -0.1) is 40.0 Å². The van der Waals surface area contributed by atoms with Crippen molar-refractivity contribution in [2.45, 2.75) is 30.0 Å². The largest absolute Gasteiger partial charge is 0.504 e. The van der Waals surface area contributed by atoms with Crippen LogP contribution in [0, 0.1) is 6.92 Å². The molecule has 2 amide bonds. The van der Waals surface area contributed by atoms with Gasteiger partial charge in [0.25, 0.3) is 23.4 Å². The second-order valence-electron chi connectivity index (χ2n) is 10.6. The first kappa shape index (κ1) is 34.9. The van der Waals surface area contributed by atoms with Crippen molar-refractivity contribution in [1.82, 2.24) is 34.8 Å². The minimum Gasteiger partial charge on any atom is -0.504 e. The molecule has 0 bridgehead atoms. The van der Waals surface area contributed by atoms with E-state index in [-0.39, 0.29) is 39.4 Å². The van der Waals surface area contributed by atoms with Crippen molar-refractivity contribution in [1.29, 1.82) is 0 Å². The number of thioether (sulfide) groups is 2. The molecule has 6 rings (SSSR count). The lowest BCUT2D eigenvalue weighted by Crippen LogP contribution is -2.71. The average molecular weight is 758 g/mol. The monoisotopic (exact) mass is 757 g/mol. The van der Waals surface area contributed by atoms with E-state index in [1.165, 1.54) is 21.7 Å². The number of aromatic nitrogens is 5. The number of phenolic OH excluding ortho intramolecular Hbond substituents is 2. The Labute approximate surface area is 296 Å². The van der Waals surface area contributed by atoms with Gasteiger partial charge in [-0.05, 0) is 30.7 Å². The van der Waals surface area contributed by atoms with Gasteiger partial charge in [-0.1, -0.05) is 5.16 Å². The number of phenols is 2. The highest BCUT2D eigenvalue weighted by Crippen LogP contribution is 2.42. The number of rotatable bonds is 12. The van der Waals surface area contributed by atoms with Crippen molar-refractivity contribution in [3.8, 4) is 11.5 Å². The number of amides is 2. The number of fused-ring (bicyclic) bond motifs is 2. The predicted molar refractivity (Wildman–Crippen MR) is 177 cm³/mol. The SMILES string of the molecule is Cc1cc(SCC2=C(C(=O)O)N3C(=O)[C@@H](NC(=O)C(=NOCc4c(C(=O)O)ccc(O)c4O)c4csc(N)n4)[C@H]3SC2)n2nc(C(=O)O)nc2n1. The van der Waals surface area contributed by atoms with Crippen molar-refractivity contribution in [2.24, 2.45) is 5.16 Å². The highest BCUT2D eigenvalue weighted by molar-refractivity contribution is 8.01. The second kappa shape index (κ2) is 13.8. The molecule has 0 unspecified atom stereocenters. The maximum absolute atomic E-state index is 13.5. The van der Waals surface area contributed by atoms with Crippen LogP contribution in [0.2, 0.25) is 0 Å². The summed E-state index contributed by atoms with van der Waals surface area (Å²) in [6.07, 6.45) is 0. The van der Waals surface area contributed by atoms with Gasteiger partial charge in [0.1, 0.15) is 34.4 Å². The van der Waals surface area contributed by atoms with Crippen LogP contribution in [-0.4, -0.2) is 113 Å². The minimum atomic E-state index is -1.43. The van der Waals surface area contributed by atoms with Gasteiger partial charge in [-0.3, -0.25) is 14.5 Å². The number of hydrogen-bond donors (Lipinski definition) is 7. The quantitative estimate of drug-likeness (QED) is 0.0262. The predicted octanol–water partition coefficient (Wildman–Crippen LogP) is 0.731. The summed E-state index contributed by atoms with van der Waals surface area (Å²) < 4.78 is 1.23. The highest BCUT2D eigenvalue weighted by Gasteiger charge is 2.54. The van der Waals surface area contributed by atoms with Crippen molar-refractivity contribution < 1.29 is 54.3 Å². The molecule has 4 aromatic rings. The number of anilines is 1. The van der Waals surface area contributed by atoms with Gasteiger partial charge >= 0.3 is 17.9 Å². The molecule has 0 saturated carbocycles. The van der Waals surface area contributed by atoms with Gasteiger partial charge in [0.2, 0.25) is 0 Å². The molecule has 1 saturated heterocycles. The number of aryl methyl sites for hydroxylation is 1. The number of carbonyl (C=O) groups is 5.